The lowest BCUT2D eigenvalue weighted by atomic mass is 10.1. The molecule has 1 aromatic carbocycles. The highest BCUT2D eigenvalue weighted by Gasteiger charge is 2.07. The van der Waals surface area contributed by atoms with E-state index in [9.17, 15) is 0 Å². The normalized spacial score (nSPS) is 10.2. The van der Waals surface area contributed by atoms with Crippen LogP contribution in [-0.4, -0.2) is 24.1 Å². The highest BCUT2D eigenvalue weighted by atomic mass is 35.5. The predicted molar refractivity (Wildman–Crippen MR) is 73.3 cm³/mol. The minimum absolute atomic E-state index is 0.584. The Morgan fingerprint density at radius 3 is 2.67 bits per heavy atom. The monoisotopic (exact) mass is 263 g/mol. The van der Waals surface area contributed by atoms with Crippen LogP contribution in [0.15, 0.2) is 24.3 Å². The highest BCUT2D eigenvalue weighted by molar-refractivity contribution is 6.32. The van der Waals surface area contributed by atoms with Crippen LogP contribution in [0, 0.1) is 6.92 Å². The minimum atomic E-state index is 0.584. The van der Waals surface area contributed by atoms with Crippen molar-refractivity contribution in [2.45, 2.75) is 6.92 Å². The summed E-state index contributed by atoms with van der Waals surface area (Å²) in [5, 5.41) is 3.52. The van der Waals surface area contributed by atoms with Gasteiger partial charge in [0, 0.05) is 18.3 Å². The van der Waals surface area contributed by atoms with Crippen molar-refractivity contribution >= 4 is 17.5 Å². The van der Waals surface area contributed by atoms with Crippen molar-refractivity contribution in [3.8, 4) is 17.0 Å². The van der Waals surface area contributed by atoms with Crippen LogP contribution in [0.3, 0.4) is 0 Å². The van der Waals surface area contributed by atoms with Crippen LogP contribution in [0.5, 0.6) is 5.75 Å². The molecule has 2 aromatic rings. The summed E-state index contributed by atoms with van der Waals surface area (Å²) in [5.41, 5.74) is 2.68. The summed E-state index contributed by atoms with van der Waals surface area (Å²) in [6, 6.07) is 7.49. The third kappa shape index (κ3) is 2.54. The van der Waals surface area contributed by atoms with Gasteiger partial charge in [-0.25, -0.2) is 9.97 Å². The molecule has 0 amide bonds. The first-order chi connectivity index (χ1) is 8.63. The number of anilines is 1. The Labute approximate surface area is 111 Å². The molecule has 0 aliphatic rings. The van der Waals surface area contributed by atoms with Crippen LogP contribution in [0.2, 0.25) is 5.02 Å². The molecule has 1 aromatic heterocycles. The van der Waals surface area contributed by atoms with Crippen molar-refractivity contribution in [3.05, 3.63) is 35.0 Å². The molecular weight excluding hydrogens is 250 g/mol. The largest absolute Gasteiger partial charge is 0.495 e. The minimum Gasteiger partial charge on any atom is -0.495 e. The standard InChI is InChI=1S/C13H14ClN3O/c1-8-6-11(17-13(15-2)16-8)9-4-5-10(14)12(7-9)18-3/h4-7H,1-3H3,(H,15,16,17). The van der Waals surface area contributed by atoms with Gasteiger partial charge in [-0.15, -0.1) is 0 Å². The zero-order valence-corrected chi connectivity index (χ0v) is 11.2. The van der Waals surface area contributed by atoms with Crippen LogP contribution in [0.25, 0.3) is 11.3 Å². The van der Waals surface area contributed by atoms with Crippen LogP contribution in [-0.2, 0) is 0 Å². The summed E-state index contributed by atoms with van der Waals surface area (Å²) in [6.07, 6.45) is 0. The molecule has 2 rings (SSSR count). The van der Waals surface area contributed by atoms with Gasteiger partial charge in [-0.1, -0.05) is 17.7 Å². The Morgan fingerprint density at radius 1 is 1.22 bits per heavy atom. The molecule has 94 valence electrons. The van der Waals surface area contributed by atoms with Gasteiger partial charge < -0.3 is 10.1 Å². The molecule has 0 spiro atoms. The number of hydrogen-bond acceptors (Lipinski definition) is 4. The van der Waals surface area contributed by atoms with E-state index in [0.29, 0.717) is 16.7 Å². The van der Waals surface area contributed by atoms with Gasteiger partial charge >= 0.3 is 0 Å². The van der Waals surface area contributed by atoms with Gasteiger partial charge in [0.25, 0.3) is 0 Å². The van der Waals surface area contributed by atoms with Crippen molar-refractivity contribution in [3.63, 3.8) is 0 Å². The summed E-state index contributed by atoms with van der Waals surface area (Å²) in [7, 11) is 3.39. The van der Waals surface area contributed by atoms with Crippen molar-refractivity contribution in [1.82, 2.24) is 9.97 Å². The fourth-order valence-corrected chi connectivity index (χ4v) is 1.84. The molecule has 0 aliphatic carbocycles. The van der Waals surface area contributed by atoms with E-state index in [-0.39, 0.29) is 0 Å². The number of aromatic nitrogens is 2. The van der Waals surface area contributed by atoms with Crippen LogP contribution in [0.4, 0.5) is 5.95 Å². The van der Waals surface area contributed by atoms with Gasteiger partial charge in [0.2, 0.25) is 5.95 Å². The topological polar surface area (TPSA) is 47.0 Å². The lowest BCUT2D eigenvalue weighted by molar-refractivity contribution is 0.415. The van der Waals surface area contributed by atoms with Gasteiger partial charge in [-0.2, -0.15) is 0 Å². The summed E-state index contributed by atoms with van der Waals surface area (Å²) in [4.78, 5) is 8.66. The fourth-order valence-electron chi connectivity index (χ4n) is 1.65. The zero-order valence-electron chi connectivity index (χ0n) is 10.5. The molecule has 4 nitrogen and oxygen atoms in total. The Hall–Kier alpha value is -1.81. The van der Waals surface area contributed by atoms with E-state index < -0.39 is 0 Å². The lowest BCUT2D eigenvalue weighted by Crippen LogP contribution is -1.99. The molecule has 0 atom stereocenters. The molecule has 0 saturated heterocycles. The van der Waals surface area contributed by atoms with E-state index in [1.54, 1.807) is 20.2 Å². The summed E-state index contributed by atoms with van der Waals surface area (Å²) < 4.78 is 5.20. The molecule has 0 aliphatic heterocycles. The average Bonchev–Trinajstić information content (AvgIpc) is 2.38. The summed E-state index contributed by atoms with van der Waals surface area (Å²) >= 11 is 6.00. The Kier molecular flexibility index (Phi) is 3.67. The van der Waals surface area contributed by atoms with E-state index in [4.69, 9.17) is 16.3 Å². The molecule has 0 unspecified atom stereocenters. The van der Waals surface area contributed by atoms with E-state index in [1.165, 1.54) is 0 Å². The fraction of sp³-hybridized carbons (Fsp3) is 0.231. The summed E-state index contributed by atoms with van der Waals surface area (Å²) in [5.74, 6) is 1.23. The lowest BCUT2D eigenvalue weighted by Gasteiger charge is -2.08. The number of nitrogens with zero attached hydrogens (tertiary/aromatic N) is 2. The van der Waals surface area contributed by atoms with Crippen molar-refractivity contribution in [1.29, 1.82) is 0 Å². The maximum atomic E-state index is 6.00. The van der Waals surface area contributed by atoms with Crippen LogP contribution < -0.4 is 10.1 Å². The Morgan fingerprint density at radius 2 is 2.00 bits per heavy atom. The van der Waals surface area contributed by atoms with Gasteiger partial charge in [-0.3, -0.25) is 0 Å². The molecule has 0 bridgehead atoms. The van der Waals surface area contributed by atoms with Crippen LogP contribution in [0.1, 0.15) is 5.69 Å². The molecule has 1 heterocycles. The molecule has 0 radical (unpaired) electrons. The number of benzene rings is 1. The Bertz CT molecular complexity index is 572. The van der Waals surface area contributed by atoms with Gasteiger partial charge in [0.05, 0.1) is 17.8 Å². The van der Waals surface area contributed by atoms with Crippen molar-refractivity contribution in [2.75, 3.05) is 19.5 Å². The average molecular weight is 264 g/mol. The number of hydrogen-bond donors (Lipinski definition) is 1. The maximum Gasteiger partial charge on any atom is 0.223 e. The number of halogens is 1. The molecule has 0 fully saturated rings. The van der Waals surface area contributed by atoms with Crippen molar-refractivity contribution < 1.29 is 4.74 Å². The quantitative estimate of drug-likeness (QED) is 0.924. The van der Waals surface area contributed by atoms with Gasteiger partial charge in [0.15, 0.2) is 0 Å². The number of nitrogens with one attached hydrogen (secondary N) is 1. The molecule has 5 heteroatoms. The zero-order chi connectivity index (χ0) is 13.1. The predicted octanol–water partition coefficient (Wildman–Crippen LogP) is 3.16. The molecular formula is C13H14ClN3O. The van der Waals surface area contributed by atoms with E-state index in [0.717, 1.165) is 17.0 Å². The highest BCUT2D eigenvalue weighted by Crippen LogP contribution is 2.30. The smallest absolute Gasteiger partial charge is 0.223 e. The first-order valence-electron chi connectivity index (χ1n) is 5.51. The third-order valence-electron chi connectivity index (χ3n) is 2.52. The van der Waals surface area contributed by atoms with E-state index in [1.807, 2.05) is 25.1 Å². The van der Waals surface area contributed by atoms with Crippen LogP contribution >= 0.6 is 11.6 Å². The molecule has 0 saturated carbocycles. The Balaban J connectivity index is 2.51. The maximum absolute atomic E-state index is 6.00. The molecule has 18 heavy (non-hydrogen) atoms. The second-order valence-corrected chi connectivity index (χ2v) is 4.22. The number of methoxy groups -OCH3 is 1. The summed E-state index contributed by atoms with van der Waals surface area (Å²) in [6.45, 7) is 1.93. The third-order valence-corrected chi connectivity index (χ3v) is 2.84. The first kappa shape index (κ1) is 12.6. The number of rotatable bonds is 3. The number of ether oxygens (including phenoxy) is 1. The SMILES string of the molecule is CNc1nc(C)cc(-c2ccc(Cl)c(OC)c2)n1. The van der Waals surface area contributed by atoms with Gasteiger partial charge in [0.1, 0.15) is 5.75 Å². The second-order valence-electron chi connectivity index (χ2n) is 3.82. The van der Waals surface area contributed by atoms with Crippen molar-refractivity contribution in [2.24, 2.45) is 0 Å². The second kappa shape index (κ2) is 5.23. The first-order valence-corrected chi connectivity index (χ1v) is 5.89. The molecule has 1 N–H and O–H groups in total. The van der Waals surface area contributed by atoms with E-state index >= 15 is 0 Å². The van der Waals surface area contributed by atoms with Gasteiger partial charge in [-0.05, 0) is 25.1 Å². The number of aryl methyl sites for hydroxylation is 1. The van der Waals surface area contributed by atoms with E-state index in [2.05, 4.69) is 15.3 Å².